The van der Waals surface area contributed by atoms with E-state index in [4.69, 9.17) is 4.74 Å². The summed E-state index contributed by atoms with van der Waals surface area (Å²) in [6, 6.07) is -0.139. The van der Waals surface area contributed by atoms with Crippen molar-refractivity contribution in [3.05, 3.63) is 29.1 Å². The molecule has 1 saturated heterocycles. The van der Waals surface area contributed by atoms with Gasteiger partial charge in [0.1, 0.15) is 6.61 Å². The number of nitrogens with one attached hydrogen (secondary N) is 1. The van der Waals surface area contributed by atoms with E-state index < -0.39 is 34.8 Å². The second-order valence-corrected chi connectivity index (χ2v) is 4.00. The molecule has 1 aromatic carbocycles. The zero-order chi connectivity index (χ0) is 13.3. The van der Waals surface area contributed by atoms with E-state index in [1.54, 1.807) is 0 Å². The molecule has 18 heavy (non-hydrogen) atoms. The number of benzene rings is 1. The molecule has 1 aromatic rings. The van der Waals surface area contributed by atoms with Crippen molar-refractivity contribution in [3.8, 4) is 5.75 Å². The normalized spacial score (nSPS) is 19.3. The molecule has 0 amide bonds. The molecule has 1 N–H and O–H groups in total. The predicted octanol–water partition coefficient (Wildman–Crippen LogP) is 2.51. The van der Waals surface area contributed by atoms with Crippen LogP contribution in [0, 0.1) is 29.1 Å². The van der Waals surface area contributed by atoms with Crippen LogP contribution in [0.15, 0.2) is 0 Å². The Morgan fingerprint density at radius 2 is 1.50 bits per heavy atom. The van der Waals surface area contributed by atoms with Crippen LogP contribution in [0.25, 0.3) is 0 Å². The quantitative estimate of drug-likeness (QED) is 0.516. The Hall–Kier alpha value is -1.37. The van der Waals surface area contributed by atoms with Crippen molar-refractivity contribution in [1.82, 2.24) is 5.32 Å². The van der Waals surface area contributed by atoms with Gasteiger partial charge in [0.15, 0.2) is 5.75 Å². The molecule has 0 spiro atoms. The first-order valence-corrected chi connectivity index (χ1v) is 5.40. The van der Waals surface area contributed by atoms with E-state index in [2.05, 4.69) is 5.32 Å². The molecule has 1 aliphatic rings. The highest BCUT2D eigenvalue weighted by atomic mass is 19.2. The van der Waals surface area contributed by atoms with Crippen LogP contribution in [-0.4, -0.2) is 19.2 Å². The Morgan fingerprint density at radius 1 is 0.944 bits per heavy atom. The van der Waals surface area contributed by atoms with Gasteiger partial charge in [0, 0.05) is 6.04 Å². The van der Waals surface area contributed by atoms with Gasteiger partial charge in [0.25, 0.3) is 0 Å². The van der Waals surface area contributed by atoms with Gasteiger partial charge in [-0.05, 0) is 19.4 Å². The standard InChI is InChI=1S/C11H10F5NO/c12-6-7(13)9(15)11(10(16)8(6)14)18-4-5-2-1-3-17-5/h5,17H,1-4H2/t5-/m1/s1. The van der Waals surface area contributed by atoms with Crippen molar-refractivity contribution in [2.75, 3.05) is 13.2 Å². The second kappa shape index (κ2) is 5.09. The molecule has 7 heteroatoms. The molecule has 1 heterocycles. The van der Waals surface area contributed by atoms with E-state index in [1.807, 2.05) is 0 Å². The number of hydrogen-bond acceptors (Lipinski definition) is 2. The van der Waals surface area contributed by atoms with Crippen LogP contribution in [-0.2, 0) is 0 Å². The van der Waals surface area contributed by atoms with Crippen LogP contribution >= 0.6 is 0 Å². The van der Waals surface area contributed by atoms with Crippen LogP contribution in [0.4, 0.5) is 22.0 Å². The van der Waals surface area contributed by atoms with Gasteiger partial charge >= 0.3 is 0 Å². The largest absolute Gasteiger partial charge is 0.486 e. The third kappa shape index (κ3) is 2.27. The molecule has 1 aliphatic heterocycles. The summed E-state index contributed by atoms with van der Waals surface area (Å²) in [4.78, 5) is 0. The van der Waals surface area contributed by atoms with Gasteiger partial charge in [0.05, 0.1) is 0 Å². The number of rotatable bonds is 3. The van der Waals surface area contributed by atoms with Crippen molar-refractivity contribution < 1.29 is 26.7 Å². The fraction of sp³-hybridized carbons (Fsp3) is 0.455. The third-order valence-corrected chi connectivity index (χ3v) is 2.76. The highest BCUT2D eigenvalue weighted by Crippen LogP contribution is 2.29. The van der Waals surface area contributed by atoms with Crippen molar-refractivity contribution in [2.45, 2.75) is 18.9 Å². The number of ether oxygens (including phenoxy) is 1. The maximum Gasteiger partial charge on any atom is 0.206 e. The monoisotopic (exact) mass is 267 g/mol. The Bertz CT molecular complexity index is 430. The minimum absolute atomic E-state index is 0.139. The topological polar surface area (TPSA) is 21.3 Å². The third-order valence-electron chi connectivity index (χ3n) is 2.76. The van der Waals surface area contributed by atoms with Crippen molar-refractivity contribution in [3.63, 3.8) is 0 Å². The summed E-state index contributed by atoms with van der Waals surface area (Å²) < 4.78 is 69.6. The van der Waals surface area contributed by atoms with Crippen LogP contribution in [0.2, 0.25) is 0 Å². The summed E-state index contributed by atoms with van der Waals surface area (Å²) in [5.74, 6) is -11.3. The molecule has 0 aromatic heterocycles. The fourth-order valence-electron chi connectivity index (χ4n) is 1.79. The Balaban J connectivity index is 2.21. The second-order valence-electron chi connectivity index (χ2n) is 4.00. The summed E-state index contributed by atoms with van der Waals surface area (Å²) in [5, 5.41) is 2.97. The summed E-state index contributed by atoms with van der Waals surface area (Å²) in [6.07, 6.45) is 1.61. The van der Waals surface area contributed by atoms with Gasteiger partial charge in [-0.15, -0.1) is 0 Å². The Morgan fingerprint density at radius 3 is 2.00 bits per heavy atom. The lowest BCUT2D eigenvalue weighted by molar-refractivity contribution is 0.238. The number of hydrogen-bond donors (Lipinski definition) is 1. The van der Waals surface area contributed by atoms with Crippen molar-refractivity contribution >= 4 is 0 Å². The lowest BCUT2D eigenvalue weighted by Gasteiger charge is -2.14. The van der Waals surface area contributed by atoms with Gasteiger partial charge in [-0.1, -0.05) is 0 Å². The summed E-state index contributed by atoms with van der Waals surface area (Å²) in [5.41, 5.74) is 0. The fourth-order valence-corrected chi connectivity index (χ4v) is 1.79. The first-order chi connectivity index (χ1) is 8.52. The maximum atomic E-state index is 13.2. The molecule has 0 bridgehead atoms. The Kier molecular flexibility index (Phi) is 3.70. The molecular formula is C11H10F5NO. The van der Waals surface area contributed by atoms with E-state index in [9.17, 15) is 22.0 Å². The van der Waals surface area contributed by atoms with E-state index in [-0.39, 0.29) is 12.6 Å². The average Bonchev–Trinajstić information content (AvgIpc) is 2.87. The van der Waals surface area contributed by atoms with Crippen molar-refractivity contribution in [1.29, 1.82) is 0 Å². The van der Waals surface area contributed by atoms with Crippen LogP contribution in [0.1, 0.15) is 12.8 Å². The molecule has 2 rings (SSSR count). The SMILES string of the molecule is Fc1c(F)c(F)c(OC[C@H]2CCCN2)c(F)c1F. The van der Waals surface area contributed by atoms with Gasteiger partial charge < -0.3 is 10.1 Å². The first kappa shape index (κ1) is 13.1. The van der Waals surface area contributed by atoms with E-state index >= 15 is 0 Å². The molecule has 2 nitrogen and oxygen atoms in total. The smallest absolute Gasteiger partial charge is 0.206 e. The molecule has 0 radical (unpaired) electrons. The van der Waals surface area contributed by atoms with Gasteiger partial charge in [-0.2, -0.15) is 8.78 Å². The molecule has 0 unspecified atom stereocenters. The van der Waals surface area contributed by atoms with Crippen LogP contribution in [0.5, 0.6) is 5.75 Å². The lowest BCUT2D eigenvalue weighted by atomic mass is 10.2. The minimum Gasteiger partial charge on any atom is -0.486 e. The molecule has 100 valence electrons. The van der Waals surface area contributed by atoms with Gasteiger partial charge in [-0.25, -0.2) is 13.2 Å². The highest BCUT2D eigenvalue weighted by molar-refractivity contribution is 5.29. The molecule has 0 saturated carbocycles. The number of halogens is 5. The van der Waals surface area contributed by atoms with Crippen LogP contribution in [0.3, 0.4) is 0 Å². The van der Waals surface area contributed by atoms with Gasteiger partial charge in [-0.3, -0.25) is 0 Å². The van der Waals surface area contributed by atoms with E-state index in [0.717, 1.165) is 19.4 Å². The summed E-state index contributed by atoms with van der Waals surface area (Å²) in [7, 11) is 0. The molecule has 0 aliphatic carbocycles. The van der Waals surface area contributed by atoms with E-state index in [1.165, 1.54) is 0 Å². The lowest BCUT2D eigenvalue weighted by Crippen LogP contribution is -2.28. The highest BCUT2D eigenvalue weighted by Gasteiger charge is 2.27. The zero-order valence-electron chi connectivity index (χ0n) is 9.20. The molecule has 1 fully saturated rings. The summed E-state index contributed by atoms with van der Waals surface area (Å²) in [6.45, 7) is 0.601. The zero-order valence-corrected chi connectivity index (χ0v) is 9.20. The van der Waals surface area contributed by atoms with E-state index in [0.29, 0.717) is 0 Å². The Labute approximate surface area is 99.7 Å². The summed E-state index contributed by atoms with van der Waals surface area (Å²) >= 11 is 0. The predicted molar refractivity (Wildman–Crippen MR) is 52.8 cm³/mol. The van der Waals surface area contributed by atoms with Crippen molar-refractivity contribution in [2.24, 2.45) is 0 Å². The van der Waals surface area contributed by atoms with Crippen LogP contribution < -0.4 is 10.1 Å². The molecular weight excluding hydrogens is 257 g/mol. The minimum atomic E-state index is -2.18. The maximum absolute atomic E-state index is 13.2. The average molecular weight is 267 g/mol. The first-order valence-electron chi connectivity index (χ1n) is 5.40. The molecule has 1 atom stereocenters. The van der Waals surface area contributed by atoms with Gasteiger partial charge in [0.2, 0.25) is 29.1 Å².